The number of rotatable bonds is 6. The number of likely N-dealkylation sites (N-methyl/N-ethyl adjacent to an activating group) is 1. The molecule has 7 heteroatoms. The molecule has 0 bridgehead atoms. The fourth-order valence-corrected chi connectivity index (χ4v) is 1.23. The van der Waals surface area contributed by atoms with Crippen LogP contribution in [0.15, 0.2) is 23.6 Å². The van der Waals surface area contributed by atoms with Crippen molar-refractivity contribution in [3.05, 3.63) is 28.8 Å². The number of carbonyl (C=O) groups excluding carboxylic acids is 1. The maximum absolute atomic E-state index is 11.2. The van der Waals surface area contributed by atoms with Crippen LogP contribution in [0.2, 0.25) is 0 Å². The predicted molar refractivity (Wildman–Crippen MR) is 62.2 cm³/mol. The lowest BCUT2D eigenvalue weighted by molar-refractivity contribution is -0.143. The third kappa shape index (κ3) is 3.80. The Hall–Kier alpha value is -2.02. The third-order valence-electron chi connectivity index (χ3n) is 2.01. The number of hydrogen-bond acceptors (Lipinski definition) is 6. The zero-order valence-corrected chi connectivity index (χ0v) is 9.71. The Balaban J connectivity index is 2.70. The van der Waals surface area contributed by atoms with Gasteiger partial charge in [0.15, 0.2) is 5.82 Å². The second-order valence-corrected chi connectivity index (χ2v) is 3.28. The number of carbonyl (C=O) groups is 1. The number of nitrogens with one attached hydrogen (secondary N) is 1. The van der Waals surface area contributed by atoms with E-state index in [-0.39, 0.29) is 19.1 Å². The summed E-state index contributed by atoms with van der Waals surface area (Å²) >= 11 is 0. The van der Waals surface area contributed by atoms with Crippen molar-refractivity contribution in [1.82, 2.24) is 10.3 Å². The Bertz CT molecular complexity index is 397. The standard InChI is InChI=1S/C10H14N4O3/c1-11-6-9(15)17-7-8-4-3-5-12-10(8)14(2)13-16/h3-5,11H,6-7H2,1-2H3. The summed E-state index contributed by atoms with van der Waals surface area (Å²) in [5, 5.41) is 6.52. The van der Waals surface area contributed by atoms with Gasteiger partial charge in [0, 0.05) is 18.8 Å². The van der Waals surface area contributed by atoms with Crippen LogP contribution < -0.4 is 10.3 Å². The maximum atomic E-state index is 11.2. The molecule has 7 nitrogen and oxygen atoms in total. The zero-order valence-electron chi connectivity index (χ0n) is 9.71. The van der Waals surface area contributed by atoms with E-state index in [2.05, 4.69) is 15.6 Å². The quantitative estimate of drug-likeness (QED) is 0.440. The Morgan fingerprint density at radius 2 is 2.41 bits per heavy atom. The summed E-state index contributed by atoms with van der Waals surface area (Å²) in [7, 11) is 3.13. The van der Waals surface area contributed by atoms with Crippen molar-refractivity contribution in [2.45, 2.75) is 6.61 Å². The molecule has 1 aromatic rings. The van der Waals surface area contributed by atoms with Crippen LogP contribution in [-0.4, -0.2) is 31.6 Å². The van der Waals surface area contributed by atoms with E-state index >= 15 is 0 Å². The molecule has 1 N–H and O–H groups in total. The number of anilines is 1. The fraction of sp³-hybridized carbons (Fsp3) is 0.400. The molecule has 0 aliphatic rings. The van der Waals surface area contributed by atoms with Gasteiger partial charge in [0.25, 0.3) is 0 Å². The summed E-state index contributed by atoms with van der Waals surface area (Å²) in [5.41, 5.74) is 0.624. The minimum atomic E-state index is -0.371. The SMILES string of the molecule is CNCC(=O)OCc1cccnc1N(C)N=O. The van der Waals surface area contributed by atoms with Crippen molar-refractivity contribution in [3.63, 3.8) is 0 Å². The Labute approximate surface area is 98.7 Å². The van der Waals surface area contributed by atoms with E-state index in [9.17, 15) is 9.70 Å². The highest BCUT2D eigenvalue weighted by molar-refractivity contribution is 5.71. The minimum absolute atomic E-state index is 0.0591. The second-order valence-electron chi connectivity index (χ2n) is 3.28. The molecule has 17 heavy (non-hydrogen) atoms. The van der Waals surface area contributed by atoms with Crippen LogP contribution in [0.5, 0.6) is 0 Å². The molecule has 0 atom stereocenters. The van der Waals surface area contributed by atoms with E-state index in [0.717, 1.165) is 5.01 Å². The Morgan fingerprint density at radius 1 is 1.65 bits per heavy atom. The number of ether oxygens (including phenoxy) is 1. The van der Waals surface area contributed by atoms with Crippen molar-refractivity contribution in [3.8, 4) is 0 Å². The fourth-order valence-electron chi connectivity index (χ4n) is 1.23. The van der Waals surface area contributed by atoms with Crippen LogP contribution in [0, 0.1) is 4.91 Å². The topological polar surface area (TPSA) is 83.9 Å². The van der Waals surface area contributed by atoms with Gasteiger partial charge in [-0.1, -0.05) is 6.07 Å². The molecule has 0 amide bonds. The number of aromatic nitrogens is 1. The van der Waals surface area contributed by atoms with Gasteiger partial charge in [-0.05, 0) is 13.1 Å². The highest BCUT2D eigenvalue weighted by atomic mass is 16.5. The molecule has 0 aliphatic heterocycles. The van der Waals surface area contributed by atoms with Crippen LogP contribution in [0.25, 0.3) is 0 Å². The third-order valence-corrected chi connectivity index (χ3v) is 2.01. The highest BCUT2D eigenvalue weighted by Crippen LogP contribution is 2.16. The smallest absolute Gasteiger partial charge is 0.320 e. The first kappa shape index (κ1) is 13.0. The molecule has 0 saturated carbocycles. The molecule has 1 aromatic heterocycles. The summed E-state index contributed by atoms with van der Waals surface area (Å²) in [6.45, 7) is 0.195. The minimum Gasteiger partial charge on any atom is -0.460 e. The average molecular weight is 238 g/mol. The monoisotopic (exact) mass is 238 g/mol. The van der Waals surface area contributed by atoms with Crippen molar-refractivity contribution in [2.75, 3.05) is 25.6 Å². The molecule has 1 heterocycles. The van der Waals surface area contributed by atoms with Crippen molar-refractivity contribution in [1.29, 1.82) is 0 Å². The molecule has 0 saturated heterocycles. The number of hydrogen-bond donors (Lipinski definition) is 1. The predicted octanol–water partition coefficient (Wildman–Crippen LogP) is 0.462. The summed E-state index contributed by atoms with van der Waals surface area (Å²) in [4.78, 5) is 25.6. The zero-order chi connectivity index (χ0) is 12.7. The van der Waals surface area contributed by atoms with Gasteiger partial charge in [-0.3, -0.25) is 4.79 Å². The van der Waals surface area contributed by atoms with Crippen LogP contribution in [0.3, 0.4) is 0 Å². The largest absolute Gasteiger partial charge is 0.460 e. The van der Waals surface area contributed by atoms with Gasteiger partial charge in [0.1, 0.15) is 6.61 Å². The second kappa shape index (κ2) is 6.54. The van der Waals surface area contributed by atoms with Gasteiger partial charge >= 0.3 is 5.97 Å². The molecule has 0 spiro atoms. The average Bonchev–Trinajstić information content (AvgIpc) is 2.36. The number of pyridine rings is 1. The lowest BCUT2D eigenvalue weighted by Crippen LogP contribution is -2.21. The van der Waals surface area contributed by atoms with Gasteiger partial charge in [0.2, 0.25) is 0 Å². The van der Waals surface area contributed by atoms with E-state index in [0.29, 0.717) is 11.4 Å². The van der Waals surface area contributed by atoms with E-state index in [1.165, 1.54) is 13.2 Å². The molecule has 0 fully saturated rings. The van der Waals surface area contributed by atoms with Crippen LogP contribution >= 0.6 is 0 Å². The number of esters is 1. The summed E-state index contributed by atoms with van der Waals surface area (Å²) in [6, 6.07) is 3.42. The van der Waals surface area contributed by atoms with Gasteiger partial charge in [-0.15, -0.1) is 4.91 Å². The van der Waals surface area contributed by atoms with Gasteiger partial charge < -0.3 is 10.1 Å². The van der Waals surface area contributed by atoms with E-state index in [1.807, 2.05) is 0 Å². The van der Waals surface area contributed by atoms with Crippen molar-refractivity contribution < 1.29 is 9.53 Å². The highest BCUT2D eigenvalue weighted by Gasteiger charge is 2.10. The Morgan fingerprint density at radius 3 is 3.06 bits per heavy atom. The number of nitroso groups, excluding NO2 is 1. The molecule has 0 radical (unpaired) electrons. The first-order chi connectivity index (χ1) is 8.19. The van der Waals surface area contributed by atoms with Crippen LogP contribution in [-0.2, 0) is 16.1 Å². The van der Waals surface area contributed by atoms with Crippen molar-refractivity contribution >= 4 is 11.8 Å². The lowest BCUT2D eigenvalue weighted by Gasteiger charge is -2.12. The summed E-state index contributed by atoms with van der Waals surface area (Å²) < 4.78 is 4.99. The van der Waals surface area contributed by atoms with Crippen molar-refractivity contribution in [2.24, 2.45) is 5.29 Å². The molecule has 0 aliphatic carbocycles. The molecule has 92 valence electrons. The van der Waals surface area contributed by atoms with Crippen LogP contribution in [0.4, 0.5) is 5.82 Å². The molecule has 0 aromatic carbocycles. The maximum Gasteiger partial charge on any atom is 0.320 e. The molecular formula is C10H14N4O3. The van der Waals surface area contributed by atoms with E-state index in [4.69, 9.17) is 4.74 Å². The normalized spacial score (nSPS) is 9.76. The van der Waals surface area contributed by atoms with Gasteiger partial charge in [0.05, 0.1) is 11.8 Å². The first-order valence-electron chi connectivity index (χ1n) is 5.00. The Kier molecular flexibility index (Phi) is 5.02. The summed E-state index contributed by atoms with van der Waals surface area (Å²) in [6.07, 6.45) is 1.54. The van der Waals surface area contributed by atoms with Gasteiger partial charge in [-0.2, -0.15) is 0 Å². The first-order valence-corrected chi connectivity index (χ1v) is 5.00. The van der Waals surface area contributed by atoms with E-state index < -0.39 is 0 Å². The molecular weight excluding hydrogens is 224 g/mol. The van der Waals surface area contributed by atoms with E-state index in [1.54, 1.807) is 19.2 Å². The number of nitrogens with zero attached hydrogens (tertiary/aromatic N) is 3. The summed E-state index contributed by atoms with van der Waals surface area (Å²) in [5.74, 6) is 0.00350. The molecule has 0 unspecified atom stereocenters. The van der Waals surface area contributed by atoms with Crippen LogP contribution in [0.1, 0.15) is 5.56 Å². The van der Waals surface area contributed by atoms with Gasteiger partial charge in [-0.25, -0.2) is 9.99 Å². The molecule has 1 rings (SSSR count). The lowest BCUT2D eigenvalue weighted by atomic mass is 10.2.